The third-order valence-electron chi connectivity index (χ3n) is 25.0. The van der Waals surface area contributed by atoms with Gasteiger partial charge in [-0.2, -0.15) is 0 Å². The summed E-state index contributed by atoms with van der Waals surface area (Å²) < 4.78 is 137. The van der Waals surface area contributed by atoms with Crippen LogP contribution >= 0.6 is 0 Å². The number of benzene rings is 6. The van der Waals surface area contributed by atoms with Gasteiger partial charge in [0, 0.05) is 147 Å². The van der Waals surface area contributed by atoms with Crippen molar-refractivity contribution in [3.63, 3.8) is 0 Å². The van der Waals surface area contributed by atoms with E-state index in [0.717, 1.165) is 163 Å². The molecule has 18 aromatic rings. The Morgan fingerprint density at radius 2 is 0.832 bits per heavy atom. The van der Waals surface area contributed by atoms with E-state index in [9.17, 15) is 0 Å². The Labute approximate surface area is 875 Å². The first-order chi connectivity index (χ1) is 69.8. The van der Waals surface area contributed by atoms with Crippen LogP contribution in [-0.4, -0.2) is 69.1 Å². The summed E-state index contributed by atoms with van der Waals surface area (Å²) in [4.78, 5) is 39.8. The molecule has 711 valence electrons. The summed E-state index contributed by atoms with van der Waals surface area (Å²) >= 11 is 0. The average molecular weight is 2410 g/mol. The second-order valence-electron chi connectivity index (χ2n) is 39.1. The van der Waals surface area contributed by atoms with E-state index >= 15 is 0 Å². The molecule has 4 aliphatic rings. The minimum absolute atomic E-state index is 0. The Kier molecular flexibility index (Phi) is 29.2. The Balaban J connectivity index is 0.000000152. The van der Waals surface area contributed by atoms with Crippen molar-refractivity contribution < 1.29 is 92.8 Å². The Morgan fingerprint density at radius 1 is 0.416 bits per heavy atom. The molecule has 0 aliphatic heterocycles. The van der Waals surface area contributed by atoms with E-state index in [-0.39, 0.29) is 113 Å². The van der Waals surface area contributed by atoms with E-state index < -0.39 is 73.3 Å². The van der Waals surface area contributed by atoms with Crippen LogP contribution in [0, 0.1) is 66.9 Å². The predicted octanol–water partition coefficient (Wildman–Crippen LogP) is 30.1. The van der Waals surface area contributed by atoms with Crippen LogP contribution in [0.3, 0.4) is 0 Å². The van der Waals surface area contributed by atoms with Crippen LogP contribution in [-0.2, 0) is 73.1 Å². The van der Waals surface area contributed by atoms with Gasteiger partial charge in [0.05, 0.1) is 45.1 Å². The number of hydrogen-bond donors (Lipinski definition) is 0. The van der Waals surface area contributed by atoms with Crippen LogP contribution < -0.4 is 15.6 Å². The van der Waals surface area contributed by atoms with E-state index in [4.69, 9.17) is 32.4 Å². The van der Waals surface area contributed by atoms with Crippen molar-refractivity contribution in [3.8, 4) is 67.5 Å². The molecule has 4 fully saturated rings. The molecular formula is C119H127Ir3N9O3Si3-6. The number of aryl methyl sites for hydroxylation is 1. The van der Waals surface area contributed by atoms with Gasteiger partial charge in [-0.15, -0.1) is 162 Å². The maximum absolute atomic E-state index is 9.08. The van der Waals surface area contributed by atoms with Gasteiger partial charge in [-0.1, -0.05) is 249 Å². The number of fused-ring (bicyclic) bond motifs is 12. The first-order valence-corrected chi connectivity index (χ1v) is 57.2. The Morgan fingerprint density at radius 3 is 1.21 bits per heavy atom. The van der Waals surface area contributed by atoms with Gasteiger partial charge in [0.25, 0.3) is 0 Å². The van der Waals surface area contributed by atoms with Crippen molar-refractivity contribution >= 4 is 106 Å². The molecule has 3 radical (unpaired) electrons. The molecule has 6 aromatic carbocycles. The van der Waals surface area contributed by atoms with Gasteiger partial charge in [0.1, 0.15) is 0 Å². The van der Waals surface area contributed by atoms with Gasteiger partial charge < -0.3 is 43.2 Å². The van der Waals surface area contributed by atoms with Crippen molar-refractivity contribution in [3.05, 3.63) is 325 Å². The summed E-state index contributed by atoms with van der Waals surface area (Å²) in [6, 6.07) is 76.5. The number of pyridine rings is 9. The van der Waals surface area contributed by atoms with Crippen molar-refractivity contribution in [2.75, 3.05) is 0 Å². The standard InChI is InChI=1S/C25H23N2O.C22H19N2O.C21H19N2O.3C17H22NSi.3Ir/c1-3-20-21-5-2-11-27-25(21)28-24(20)22(4-1)23-15-17(10-12-26-23)14-19-13-16-6-8-18(19)9-7-16;1-2-6-15(7-3-1)16-11-13-23-20(14-16)19-9-4-8-17-18-10-5-12-24-22(18)25-21(17)19;1-13(2)10-15-11-19(23-12-14(15)3)18-7-4-6-16-17-8-5-9-22-21(17)24-20(16)18;3*1-13(2)15-11-16(14-9-7-6-8-10-14)18-12-17(15)19(3,4)5;;;/h1-3,5,10-12,15-16,18-19H,6-9,13-14H2;4-5,8,10-15H,1-3,6-7H2;4-6,8-9,11-13H,10H2,1-3H3;3*6-9,11-13H,1-5H3;;;/q6*-1;;;/i10D,12D,14D2,15D;15D;3D3,10D2;3*13D;;;. The number of furan rings is 3. The smallest absolute Gasteiger partial charge is 0.216 e. The summed E-state index contributed by atoms with van der Waals surface area (Å²) in [6.45, 7) is 33.4. The molecule has 22 rings (SSSR count). The second-order valence-corrected chi connectivity index (χ2v) is 54.2. The molecule has 0 amide bonds. The van der Waals surface area contributed by atoms with Gasteiger partial charge >= 0.3 is 0 Å². The second kappa shape index (κ2) is 46.6. The number of nitrogens with zero attached hydrogens (tertiary/aromatic N) is 9. The van der Waals surface area contributed by atoms with E-state index in [1.165, 1.54) is 34.2 Å². The molecule has 18 heteroatoms. The zero-order valence-corrected chi connectivity index (χ0v) is 91.3. The van der Waals surface area contributed by atoms with E-state index in [1.54, 1.807) is 44.6 Å². The SMILES string of the molecule is [2H]C(C)(C)c1cc(-c2[c-]cccc2)ncc1[Si](C)(C)C.[2H]C(C)(C)c1cc(-c2[c-]cccc2)ncc1[Si](C)(C)C.[2H]C(C)(C)c1cc(-c2[c-]cccc2)ncc1[Si](C)(C)C.[2H]C([2H])([2H])c1cnc(-c2[c-]ccc3c2oc2ncccc23)cc1C([2H])([2H])C(C)C.[2H]C1(c2ccnc(-c3[c-]ccc4c3oc3ncccc34)c2)CCCCC1.[2H]c1nc(-c2[c-]ccc3c2oc2ncccc23)c([2H])c(C([2H])([2H])C2CC3CCC2CC3)c1[2H].[Ir].[Ir].[Ir]. The van der Waals surface area contributed by atoms with Gasteiger partial charge in [0.2, 0.25) is 17.1 Å². The maximum atomic E-state index is 9.08. The van der Waals surface area contributed by atoms with Crippen LogP contribution in [0.4, 0.5) is 0 Å². The Hall–Kier alpha value is -10.3. The van der Waals surface area contributed by atoms with Gasteiger partial charge in [-0.05, 0) is 203 Å². The van der Waals surface area contributed by atoms with E-state index in [1.807, 2.05) is 212 Å². The van der Waals surface area contributed by atoms with Crippen molar-refractivity contribution in [2.24, 2.45) is 23.7 Å². The zero-order valence-electron chi connectivity index (χ0n) is 95.1. The van der Waals surface area contributed by atoms with Crippen LogP contribution in [0.1, 0.15) is 201 Å². The maximum Gasteiger partial charge on any atom is 0.216 e. The van der Waals surface area contributed by atoms with Gasteiger partial charge in [-0.25, -0.2) is 15.0 Å². The molecule has 4 aliphatic carbocycles. The molecule has 2 bridgehead atoms. The summed E-state index contributed by atoms with van der Waals surface area (Å²) in [6.07, 6.45) is 20.3. The minimum atomic E-state index is -2.47. The number of aromatic nitrogens is 9. The summed E-state index contributed by atoms with van der Waals surface area (Å²) in [5, 5.41) is 9.17. The molecule has 12 heterocycles. The van der Waals surface area contributed by atoms with Crippen LogP contribution in [0.2, 0.25) is 58.9 Å². The normalized spacial score (nSPS) is 17.1. The third kappa shape index (κ3) is 25.1. The van der Waals surface area contributed by atoms with E-state index in [0.29, 0.717) is 51.0 Å². The zero-order chi connectivity index (χ0) is 106. The summed E-state index contributed by atoms with van der Waals surface area (Å²) in [7, 11) is -4.51. The first kappa shape index (κ1) is 85.8. The van der Waals surface area contributed by atoms with E-state index in [2.05, 4.69) is 158 Å². The molecule has 0 N–H and O–H groups in total. The van der Waals surface area contributed by atoms with Crippen molar-refractivity contribution in [1.29, 1.82) is 0 Å². The predicted molar refractivity (Wildman–Crippen MR) is 564 cm³/mol. The molecule has 4 saturated carbocycles. The topological polar surface area (TPSA) is 155 Å². The number of rotatable bonds is 17. The molecule has 12 nitrogen and oxygen atoms in total. The monoisotopic (exact) mass is 2410 g/mol. The summed E-state index contributed by atoms with van der Waals surface area (Å²) in [5.41, 5.74) is 16.4. The summed E-state index contributed by atoms with van der Waals surface area (Å²) in [5.74, 6) is -2.23. The number of hydrogen-bond acceptors (Lipinski definition) is 12. The van der Waals surface area contributed by atoms with Crippen molar-refractivity contribution in [1.82, 2.24) is 44.9 Å². The largest absolute Gasteiger partial charge is 0.486 e. The fraction of sp³-hybridized carbons (Fsp3) is 0.319. The average Bonchev–Trinajstić information content (AvgIpc) is 1.68. The molecule has 1 unspecified atom stereocenters. The van der Waals surface area contributed by atoms with Crippen LogP contribution in [0.15, 0.2) is 263 Å². The fourth-order valence-electron chi connectivity index (χ4n) is 18.1. The molecule has 0 spiro atoms. The molecule has 0 saturated heterocycles. The Bertz CT molecular complexity index is 7560. The molecule has 1 atom stereocenters. The quantitative estimate of drug-likeness (QED) is 0.0629. The van der Waals surface area contributed by atoms with Gasteiger partial charge in [-0.3, -0.25) is 0 Å². The van der Waals surface area contributed by atoms with Gasteiger partial charge in [0.15, 0.2) is 0 Å². The van der Waals surface area contributed by atoms with Crippen LogP contribution in [0.5, 0.6) is 0 Å². The molecule has 12 aromatic heterocycles. The fourth-order valence-corrected chi connectivity index (χ4v) is 22.9. The van der Waals surface area contributed by atoms with Crippen LogP contribution in [0.25, 0.3) is 134 Å². The molecular weight excluding hydrogens is 2260 g/mol. The molecule has 137 heavy (non-hydrogen) atoms. The minimum Gasteiger partial charge on any atom is -0.486 e. The first-order valence-electron chi connectivity index (χ1n) is 53.7. The van der Waals surface area contributed by atoms with Crippen molar-refractivity contribution in [2.45, 2.75) is 222 Å². The third-order valence-corrected chi connectivity index (χ3v) is 31.1.